The van der Waals surface area contributed by atoms with Gasteiger partial charge in [0.25, 0.3) is 0 Å². The number of alkyl carbamates (subject to hydrolysis) is 1. The van der Waals surface area contributed by atoms with E-state index in [0.29, 0.717) is 12.8 Å². The molecule has 0 saturated heterocycles. The van der Waals surface area contributed by atoms with E-state index in [0.717, 1.165) is 5.56 Å². The summed E-state index contributed by atoms with van der Waals surface area (Å²) in [6.45, 7) is 18.4. The number of hydrogen-bond donors (Lipinski definition) is 4. The van der Waals surface area contributed by atoms with Gasteiger partial charge in [0.05, 0.1) is 6.04 Å². The number of nitrogens with one attached hydrogen (secondary N) is 4. The highest BCUT2D eigenvalue weighted by atomic mass is 16.6. The maximum atomic E-state index is 13.7. The number of rotatable bonds is 15. The van der Waals surface area contributed by atoms with Crippen molar-refractivity contribution in [2.45, 2.75) is 131 Å². The van der Waals surface area contributed by atoms with Gasteiger partial charge in [-0.15, -0.1) is 0 Å². The molecule has 10 heteroatoms. The number of ketones is 1. The molecule has 242 valence electrons. The topological polar surface area (TPSA) is 143 Å². The van der Waals surface area contributed by atoms with Gasteiger partial charge in [-0.25, -0.2) is 4.79 Å². The number of carbonyl (C=O) groups excluding carboxylic acids is 5. The van der Waals surface area contributed by atoms with Gasteiger partial charge in [-0.2, -0.15) is 0 Å². The zero-order chi connectivity index (χ0) is 33.0. The molecule has 0 spiro atoms. The first kappa shape index (κ1) is 37.6. The largest absolute Gasteiger partial charge is 0.444 e. The second-order valence-corrected chi connectivity index (χ2v) is 13.7. The molecular formula is C33H54N4O6. The molecule has 0 heterocycles. The summed E-state index contributed by atoms with van der Waals surface area (Å²) in [6, 6.07) is 6.44. The summed E-state index contributed by atoms with van der Waals surface area (Å²) in [4.78, 5) is 65.4. The van der Waals surface area contributed by atoms with Gasteiger partial charge >= 0.3 is 6.09 Å². The molecule has 1 rings (SSSR count). The van der Waals surface area contributed by atoms with Gasteiger partial charge in [0, 0.05) is 24.8 Å². The average Bonchev–Trinajstić information content (AvgIpc) is 2.87. The quantitative estimate of drug-likeness (QED) is 0.234. The molecule has 1 aromatic carbocycles. The van der Waals surface area contributed by atoms with Crippen LogP contribution in [0, 0.1) is 11.8 Å². The van der Waals surface area contributed by atoms with Crippen molar-refractivity contribution in [3.8, 4) is 0 Å². The number of hydrogen-bond acceptors (Lipinski definition) is 6. The summed E-state index contributed by atoms with van der Waals surface area (Å²) in [5, 5.41) is 11.2. The first-order chi connectivity index (χ1) is 19.8. The summed E-state index contributed by atoms with van der Waals surface area (Å²) in [5.74, 6) is -1.69. The maximum absolute atomic E-state index is 13.7. The normalized spacial score (nSPS) is 14.6. The Hall–Kier alpha value is -3.43. The molecule has 43 heavy (non-hydrogen) atoms. The molecule has 0 fully saturated rings. The van der Waals surface area contributed by atoms with Gasteiger partial charge in [0.2, 0.25) is 17.7 Å². The predicted octanol–water partition coefficient (Wildman–Crippen LogP) is 4.45. The average molecular weight is 603 g/mol. The van der Waals surface area contributed by atoms with E-state index in [1.54, 1.807) is 20.8 Å². The van der Waals surface area contributed by atoms with E-state index in [-0.39, 0.29) is 42.8 Å². The Kier molecular flexibility index (Phi) is 14.9. The smallest absolute Gasteiger partial charge is 0.408 e. The number of benzene rings is 1. The van der Waals surface area contributed by atoms with Crippen LogP contribution in [0.15, 0.2) is 30.3 Å². The Balaban J connectivity index is 3.19. The molecule has 0 aliphatic heterocycles. The second-order valence-electron chi connectivity index (χ2n) is 13.7. The Morgan fingerprint density at radius 1 is 0.791 bits per heavy atom. The predicted molar refractivity (Wildman–Crippen MR) is 168 cm³/mol. The summed E-state index contributed by atoms with van der Waals surface area (Å²) in [7, 11) is 0. The van der Waals surface area contributed by atoms with Crippen molar-refractivity contribution < 1.29 is 28.7 Å². The van der Waals surface area contributed by atoms with Crippen molar-refractivity contribution in [2.75, 3.05) is 0 Å². The molecule has 0 aromatic heterocycles. The zero-order valence-electron chi connectivity index (χ0n) is 27.8. The first-order valence-corrected chi connectivity index (χ1v) is 15.3. The van der Waals surface area contributed by atoms with Gasteiger partial charge in [-0.1, -0.05) is 64.4 Å². The van der Waals surface area contributed by atoms with Crippen molar-refractivity contribution in [3.63, 3.8) is 0 Å². The fraction of sp³-hybridized carbons (Fsp3) is 0.667. The van der Waals surface area contributed by atoms with Crippen LogP contribution in [0.3, 0.4) is 0 Å². The third-order valence-electron chi connectivity index (χ3n) is 6.61. The molecule has 10 nitrogen and oxygen atoms in total. The van der Waals surface area contributed by atoms with E-state index in [1.165, 1.54) is 0 Å². The Morgan fingerprint density at radius 2 is 1.37 bits per heavy atom. The van der Waals surface area contributed by atoms with E-state index in [2.05, 4.69) is 21.3 Å². The minimum atomic E-state index is -1.02. The van der Waals surface area contributed by atoms with Gasteiger partial charge < -0.3 is 26.0 Å². The van der Waals surface area contributed by atoms with Gasteiger partial charge in [0.15, 0.2) is 5.78 Å². The van der Waals surface area contributed by atoms with E-state index in [4.69, 9.17) is 4.74 Å². The fourth-order valence-corrected chi connectivity index (χ4v) is 4.36. The van der Waals surface area contributed by atoms with Crippen LogP contribution in [0.1, 0.15) is 100 Å². The van der Waals surface area contributed by atoms with Crippen LogP contribution in [0.4, 0.5) is 4.79 Å². The van der Waals surface area contributed by atoms with Crippen molar-refractivity contribution in [2.24, 2.45) is 11.8 Å². The molecule has 0 unspecified atom stereocenters. The zero-order valence-corrected chi connectivity index (χ0v) is 27.8. The van der Waals surface area contributed by atoms with Crippen molar-refractivity contribution in [1.82, 2.24) is 21.3 Å². The van der Waals surface area contributed by atoms with Crippen LogP contribution < -0.4 is 21.3 Å². The number of ether oxygens (including phenoxy) is 1. The highest BCUT2D eigenvalue weighted by Gasteiger charge is 2.33. The Bertz CT molecular complexity index is 1080. The lowest BCUT2D eigenvalue weighted by atomic mass is 9.95. The van der Waals surface area contributed by atoms with Gasteiger partial charge in [-0.3, -0.25) is 19.2 Å². The van der Waals surface area contributed by atoms with Crippen LogP contribution in [-0.4, -0.2) is 58.9 Å². The number of amides is 4. The molecule has 1 aromatic rings. The minimum absolute atomic E-state index is 0.0116. The Labute approximate surface area is 257 Å². The van der Waals surface area contributed by atoms with Crippen LogP contribution in [0.25, 0.3) is 0 Å². The van der Waals surface area contributed by atoms with E-state index >= 15 is 0 Å². The third-order valence-corrected chi connectivity index (χ3v) is 6.61. The van der Waals surface area contributed by atoms with Crippen LogP contribution in [-0.2, 0) is 30.3 Å². The van der Waals surface area contributed by atoms with E-state index in [9.17, 15) is 24.0 Å². The monoisotopic (exact) mass is 602 g/mol. The summed E-state index contributed by atoms with van der Waals surface area (Å²) in [6.07, 6.45) is 0.414. The molecule has 0 aliphatic rings. The van der Waals surface area contributed by atoms with Crippen molar-refractivity contribution in [3.05, 3.63) is 35.9 Å². The molecule has 4 atom stereocenters. The highest BCUT2D eigenvalue weighted by Crippen LogP contribution is 2.14. The van der Waals surface area contributed by atoms with E-state index < -0.39 is 47.2 Å². The molecular weight excluding hydrogens is 548 g/mol. The standard InChI is InChI=1S/C33H54N4O6/c1-11-22(4)28(36-31(42)43-33(8,9)10)30(41)35-25(20-23-15-13-12-14-16-23)29(40)34-24(19-21(2)3)26(38)17-18-27(39)37-32(5,6)7/h12-16,21-22,24-25,28H,11,17-20H2,1-10H3,(H,34,40)(H,35,41)(H,36,42)(H,37,39)/t22-,24-,25-,28-/m0/s1. The lowest BCUT2D eigenvalue weighted by molar-refractivity contribution is -0.133. The number of carbonyl (C=O) groups is 5. The molecule has 0 saturated carbocycles. The highest BCUT2D eigenvalue weighted by molar-refractivity contribution is 5.95. The van der Waals surface area contributed by atoms with E-state index in [1.807, 2.05) is 78.8 Å². The molecule has 0 radical (unpaired) electrons. The van der Waals surface area contributed by atoms with Crippen molar-refractivity contribution >= 4 is 29.6 Å². The minimum Gasteiger partial charge on any atom is -0.444 e. The molecule has 4 N–H and O–H groups in total. The molecule has 0 bridgehead atoms. The van der Waals surface area contributed by atoms with Gasteiger partial charge in [0.1, 0.15) is 17.7 Å². The first-order valence-electron chi connectivity index (χ1n) is 15.3. The SMILES string of the molecule is CC[C@H](C)[C@H](NC(=O)OC(C)(C)C)C(=O)N[C@@H](Cc1ccccc1)C(=O)N[C@@H](CC(C)C)C(=O)CCC(=O)NC(C)(C)C. The lowest BCUT2D eigenvalue weighted by Gasteiger charge is -2.29. The second kappa shape index (κ2) is 17.0. The van der Waals surface area contributed by atoms with Crippen LogP contribution in [0.5, 0.6) is 0 Å². The lowest BCUT2D eigenvalue weighted by Crippen LogP contribution is -2.58. The summed E-state index contributed by atoms with van der Waals surface area (Å²) in [5.41, 5.74) is -0.351. The van der Waals surface area contributed by atoms with Crippen LogP contribution >= 0.6 is 0 Å². The summed E-state index contributed by atoms with van der Waals surface area (Å²) >= 11 is 0. The fourth-order valence-electron chi connectivity index (χ4n) is 4.36. The summed E-state index contributed by atoms with van der Waals surface area (Å²) < 4.78 is 5.37. The maximum Gasteiger partial charge on any atom is 0.408 e. The number of Topliss-reactive ketones (excluding diaryl/α,β-unsaturated/α-hetero) is 1. The van der Waals surface area contributed by atoms with Gasteiger partial charge in [-0.05, 0) is 65.4 Å². The van der Waals surface area contributed by atoms with Crippen molar-refractivity contribution in [1.29, 1.82) is 0 Å². The molecule has 0 aliphatic carbocycles. The third kappa shape index (κ3) is 15.6. The Morgan fingerprint density at radius 3 is 1.88 bits per heavy atom. The molecule has 4 amide bonds. The van der Waals surface area contributed by atoms with Crippen LogP contribution in [0.2, 0.25) is 0 Å².